The highest BCUT2D eigenvalue weighted by molar-refractivity contribution is 6.41. The normalized spacial score (nSPS) is 10.6. The number of aromatic nitrogens is 1. The molecular formula is C14H14Cl2N2O3. The molecule has 2 rings (SSSR count). The lowest BCUT2D eigenvalue weighted by atomic mass is 10.2. The summed E-state index contributed by atoms with van der Waals surface area (Å²) in [7, 11) is 1.58. The van der Waals surface area contributed by atoms with Gasteiger partial charge in [-0.05, 0) is 18.2 Å². The molecule has 112 valence electrons. The maximum Gasteiger partial charge on any atom is 0.255 e. The van der Waals surface area contributed by atoms with Crippen molar-refractivity contribution in [2.75, 3.05) is 20.3 Å². The van der Waals surface area contributed by atoms with Crippen LogP contribution >= 0.6 is 23.2 Å². The first-order valence-electron chi connectivity index (χ1n) is 6.23. The summed E-state index contributed by atoms with van der Waals surface area (Å²) in [6, 6.07) is 5.08. The van der Waals surface area contributed by atoms with Crippen LogP contribution in [0.2, 0.25) is 10.2 Å². The van der Waals surface area contributed by atoms with Crippen LogP contribution in [0, 0.1) is 0 Å². The van der Waals surface area contributed by atoms with Crippen LogP contribution in [0.4, 0.5) is 0 Å². The summed E-state index contributed by atoms with van der Waals surface area (Å²) in [4.78, 5) is 18.0. The molecule has 1 amide bonds. The molecule has 0 bridgehead atoms. The van der Waals surface area contributed by atoms with E-state index in [0.717, 1.165) is 0 Å². The quantitative estimate of drug-likeness (QED) is 0.763. The number of pyridine rings is 1. The first-order chi connectivity index (χ1) is 10.1. The number of ether oxygens (including phenoxy) is 1. The molecule has 0 radical (unpaired) electrons. The predicted molar refractivity (Wildman–Crippen MR) is 79.6 cm³/mol. The van der Waals surface area contributed by atoms with Gasteiger partial charge in [-0.2, -0.15) is 0 Å². The Morgan fingerprint density at radius 3 is 2.90 bits per heavy atom. The lowest BCUT2D eigenvalue weighted by molar-refractivity contribution is 0.0666. The molecule has 0 fully saturated rings. The van der Waals surface area contributed by atoms with Gasteiger partial charge in [-0.15, -0.1) is 0 Å². The molecule has 0 aliphatic carbocycles. The van der Waals surface area contributed by atoms with Gasteiger partial charge in [-0.1, -0.05) is 23.2 Å². The maximum atomic E-state index is 12.5. The molecule has 7 heteroatoms. The fourth-order valence-corrected chi connectivity index (χ4v) is 2.03. The number of carbonyl (C=O) groups is 1. The first kappa shape index (κ1) is 15.8. The minimum absolute atomic E-state index is 0.169. The number of methoxy groups -OCH3 is 1. The van der Waals surface area contributed by atoms with Crippen LogP contribution in [0.5, 0.6) is 0 Å². The molecular weight excluding hydrogens is 315 g/mol. The van der Waals surface area contributed by atoms with Gasteiger partial charge in [0.15, 0.2) is 0 Å². The molecule has 0 aromatic carbocycles. The van der Waals surface area contributed by atoms with Gasteiger partial charge in [-0.3, -0.25) is 4.79 Å². The van der Waals surface area contributed by atoms with Crippen LogP contribution in [0.15, 0.2) is 35.1 Å². The van der Waals surface area contributed by atoms with Gasteiger partial charge < -0.3 is 14.1 Å². The Morgan fingerprint density at radius 2 is 2.29 bits per heavy atom. The van der Waals surface area contributed by atoms with Crippen LogP contribution in [0.1, 0.15) is 16.1 Å². The lowest BCUT2D eigenvalue weighted by Gasteiger charge is -2.21. The molecule has 0 aliphatic heterocycles. The molecule has 0 spiro atoms. The summed E-state index contributed by atoms with van der Waals surface area (Å²) in [5.74, 6) is 0.474. The molecule has 2 aromatic rings. The van der Waals surface area contributed by atoms with E-state index in [-0.39, 0.29) is 16.1 Å². The van der Waals surface area contributed by atoms with E-state index in [2.05, 4.69) is 4.98 Å². The van der Waals surface area contributed by atoms with E-state index in [1.807, 2.05) is 0 Å². The number of nitrogens with zero attached hydrogens (tertiary/aromatic N) is 2. The van der Waals surface area contributed by atoms with Gasteiger partial charge in [0.1, 0.15) is 10.9 Å². The van der Waals surface area contributed by atoms with E-state index in [1.165, 1.54) is 12.3 Å². The van der Waals surface area contributed by atoms with Crippen LogP contribution in [-0.4, -0.2) is 36.1 Å². The molecule has 0 N–H and O–H groups in total. The highest BCUT2D eigenvalue weighted by atomic mass is 35.5. The zero-order valence-electron chi connectivity index (χ0n) is 11.4. The van der Waals surface area contributed by atoms with Gasteiger partial charge >= 0.3 is 0 Å². The minimum Gasteiger partial charge on any atom is -0.467 e. The molecule has 0 saturated heterocycles. The van der Waals surface area contributed by atoms with Crippen LogP contribution in [0.25, 0.3) is 0 Å². The Bertz CT molecular complexity index is 602. The second-order valence-electron chi connectivity index (χ2n) is 4.30. The highest BCUT2D eigenvalue weighted by Crippen LogP contribution is 2.21. The molecule has 0 atom stereocenters. The average molecular weight is 329 g/mol. The van der Waals surface area contributed by atoms with Crippen LogP contribution in [0.3, 0.4) is 0 Å². The topological polar surface area (TPSA) is 55.6 Å². The first-order valence-corrected chi connectivity index (χ1v) is 6.99. The van der Waals surface area contributed by atoms with E-state index >= 15 is 0 Å². The molecule has 0 saturated carbocycles. The van der Waals surface area contributed by atoms with Crippen LogP contribution in [-0.2, 0) is 11.3 Å². The van der Waals surface area contributed by atoms with Gasteiger partial charge in [-0.25, -0.2) is 4.98 Å². The van der Waals surface area contributed by atoms with Crippen molar-refractivity contribution in [1.29, 1.82) is 0 Å². The van der Waals surface area contributed by atoms with Crippen molar-refractivity contribution < 1.29 is 13.9 Å². The third-order valence-electron chi connectivity index (χ3n) is 2.82. The van der Waals surface area contributed by atoms with E-state index in [9.17, 15) is 4.79 Å². The SMILES string of the molecule is COCCN(Cc1ccco1)C(=O)c1cnc(Cl)c(Cl)c1. The Hall–Kier alpha value is -1.56. The van der Waals surface area contributed by atoms with Crippen molar-refractivity contribution >= 4 is 29.1 Å². The second kappa shape index (κ2) is 7.45. The molecule has 0 aliphatic rings. The van der Waals surface area contributed by atoms with E-state index in [0.29, 0.717) is 31.0 Å². The number of carbonyl (C=O) groups excluding carboxylic acids is 1. The largest absolute Gasteiger partial charge is 0.467 e. The summed E-state index contributed by atoms with van der Waals surface area (Å²) in [5.41, 5.74) is 0.368. The van der Waals surface area contributed by atoms with Crippen LogP contribution < -0.4 is 0 Å². The van der Waals surface area contributed by atoms with Crippen molar-refractivity contribution in [2.24, 2.45) is 0 Å². The average Bonchev–Trinajstić information content (AvgIpc) is 2.98. The number of halogens is 2. The zero-order chi connectivity index (χ0) is 15.2. The summed E-state index contributed by atoms with van der Waals surface area (Å²) in [6.45, 7) is 1.19. The maximum absolute atomic E-state index is 12.5. The summed E-state index contributed by atoms with van der Waals surface area (Å²) >= 11 is 11.7. The smallest absolute Gasteiger partial charge is 0.255 e. The van der Waals surface area contributed by atoms with Crippen molar-refractivity contribution in [1.82, 2.24) is 9.88 Å². The summed E-state index contributed by atoms with van der Waals surface area (Å²) in [5, 5.41) is 0.412. The Labute approximate surface area is 132 Å². The monoisotopic (exact) mass is 328 g/mol. The lowest BCUT2D eigenvalue weighted by Crippen LogP contribution is -2.33. The molecule has 5 nitrogen and oxygen atoms in total. The number of hydrogen-bond acceptors (Lipinski definition) is 4. The van der Waals surface area contributed by atoms with E-state index in [4.69, 9.17) is 32.4 Å². The van der Waals surface area contributed by atoms with Crippen molar-refractivity contribution in [3.63, 3.8) is 0 Å². The standard InChI is InChI=1S/C14H14Cl2N2O3/c1-20-6-4-18(9-11-3-2-5-21-11)14(19)10-7-12(15)13(16)17-8-10/h2-3,5,7-8H,4,6,9H2,1H3. The Morgan fingerprint density at radius 1 is 1.48 bits per heavy atom. The fourth-order valence-electron chi connectivity index (χ4n) is 1.77. The van der Waals surface area contributed by atoms with E-state index < -0.39 is 0 Å². The number of hydrogen-bond donors (Lipinski definition) is 0. The van der Waals surface area contributed by atoms with Crippen molar-refractivity contribution in [3.8, 4) is 0 Å². The van der Waals surface area contributed by atoms with Gasteiger partial charge in [0.25, 0.3) is 5.91 Å². The molecule has 21 heavy (non-hydrogen) atoms. The fraction of sp³-hybridized carbons (Fsp3) is 0.286. The number of rotatable bonds is 6. The highest BCUT2D eigenvalue weighted by Gasteiger charge is 2.18. The van der Waals surface area contributed by atoms with Gasteiger partial charge in [0.2, 0.25) is 0 Å². The van der Waals surface area contributed by atoms with E-state index in [1.54, 1.807) is 30.4 Å². The van der Waals surface area contributed by atoms with Gasteiger partial charge in [0, 0.05) is 19.9 Å². The molecule has 2 heterocycles. The third-order valence-corrected chi connectivity index (χ3v) is 3.51. The van der Waals surface area contributed by atoms with Crippen molar-refractivity contribution in [3.05, 3.63) is 52.2 Å². The Kier molecular flexibility index (Phi) is 5.61. The molecule has 2 aromatic heterocycles. The molecule has 0 unspecified atom stereocenters. The summed E-state index contributed by atoms with van der Waals surface area (Å²) in [6.07, 6.45) is 2.97. The second-order valence-corrected chi connectivity index (χ2v) is 5.06. The Balaban J connectivity index is 2.18. The zero-order valence-corrected chi connectivity index (χ0v) is 12.9. The third kappa shape index (κ3) is 4.20. The van der Waals surface area contributed by atoms with Crippen molar-refractivity contribution in [2.45, 2.75) is 6.54 Å². The predicted octanol–water partition coefficient (Wildman–Crippen LogP) is 3.27. The number of furan rings is 1. The summed E-state index contributed by atoms with van der Waals surface area (Å²) < 4.78 is 10.3. The number of amides is 1. The van der Waals surface area contributed by atoms with Gasteiger partial charge in [0.05, 0.1) is 30.0 Å². The minimum atomic E-state index is -0.213.